The summed E-state index contributed by atoms with van der Waals surface area (Å²) in [6.45, 7) is 4.61. The minimum absolute atomic E-state index is 0.00236. The van der Waals surface area contributed by atoms with Gasteiger partial charge < -0.3 is 14.7 Å². The summed E-state index contributed by atoms with van der Waals surface area (Å²) in [5, 5.41) is 9.26. The van der Waals surface area contributed by atoms with Crippen molar-refractivity contribution in [3.05, 3.63) is 47.2 Å². The minimum atomic E-state index is -0.794. The van der Waals surface area contributed by atoms with E-state index in [0.29, 0.717) is 18.9 Å². The SMILES string of the molecule is COC1=CCc2ccccc2C1(CCC(C)C)C(=O)N(C)CCO. The number of likely N-dealkylation sites (N-methyl/N-ethyl adjacent to an activating group) is 1. The number of hydrogen-bond acceptors (Lipinski definition) is 3. The molecule has 0 aliphatic heterocycles. The zero-order chi connectivity index (χ0) is 17.7. The number of carbonyl (C=O) groups is 1. The van der Waals surface area contributed by atoms with Crippen LogP contribution in [0.3, 0.4) is 0 Å². The van der Waals surface area contributed by atoms with Crippen LogP contribution in [0.4, 0.5) is 0 Å². The normalized spacial score (nSPS) is 19.7. The largest absolute Gasteiger partial charge is 0.500 e. The van der Waals surface area contributed by atoms with Crippen molar-refractivity contribution < 1.29 is 14.6 Å². The number of carbonyl (C=O) groups excluding carboxylic acids is 1. The number of nitrogens with zero attached hydrogens (tertiary/aromatic N) is 1. The molecule has 1 unspecified atom stereocenters. The summed E-state index contributed by atoms with van der Waals surface area (Å²) in [4.78, 5) is 15.1. The van der Waals surface area contributed by atoms with Gasteiger partial charge >= 0.3 is 0 Å². The molecule has 1 aromatic rings. The van der Waals surface area contributed by atoms with Crippen molar-refractivity contribution in [2.75, 3.05) is 27.3 Å². The van der Waals surface area contributed by atoms with Gasteiger partial charge in [-0.05, 0) is 42.4 Å². The quantitative estimate of drug-likeness (QED) is 0.836. The van der Waals surface area contributed by atoms with Crippen LogP contribution >= 0.6 is 0 Å². The molecular formula is C20H29NO3. The molecule has 0 spiro atoms. The number of benzene rings is 1. The molecule has 24 heavy (non-hydrogen) atoms. The van der Waals surface area contributed by atoms with Gasteiger partial charge in [0.15, 0.2) is 0 Å². The number of rotatable bonds is 7. The fourth-order valence-electron chi connectivity index (χ4n) is 3.55. The van der Waals surface area contributed by atoms with E-state index in [-0.39, 0.29) is 12.5 Å². The highest BCUT2D eigenvalue weighted by Crippen LogP contribution is 2.44. The maximum absolute atomic E-state index is 13.4. The number of hydrogen-bond donors (Lipinski definition) is 1. The molecule has 0 saturated heterocycles. The number of amides is 1. The van der Waals surface area contributed by atoms with E-state index >= 15 is 0 Å². The van der Waals surface area contributed by atoms with Crippen molar-refractivity contribution >= 4 is 5.91 Å². The van der Waals surface area contributed by atoms with Gasteiger partial charge in [-0.3, -0.25) is 4.79 Å². The Balaban J connectivity index is 2.58. The molecule has 2 rings (SSSR count). The zero-order valence-electron chi connectivity index (χ0n) is 15.2. The van der Waals surface area contributed by atoms with Crippen molar-refractivity contribution in [1.82, 2.24) is 4.90 Å². The van der Waals surface area contributed by atoms with E-state index in [1.807, 2.05) is 24.3 Å². The molecule has 1 aromatic carbocycles. The summed E-state index contributed by atoms with van der Waals surface area (Å²) >= 11 is 0. The van der Waals surface area contributed by atoms with E-state index in [0.717, 1.165) is 24.2 Å². The third-order valence-electron chi connectivity index (χ3n) is 4.87. The number of fused-ring (bicyclic) bond motifs is 1. The summed E-state index contributed by atoms with van der Waals surface area (Å²) in [7, 11) is 3.39. The first kappa shape index (κ1) is 18.5. The lowest BCUT2D eigenvalue weighted by Gasteiger charge is -2.41. The van der Waals surface area contributed by atoms with Crippen LogP contribution in [-0.4, -0.2) is 43.2 Å². The van der Waals surface area contributed by atoms with Gasteiger partial charge in [0, 0.05) is 13.6 Å². The summed E-state index contributed by atoms with van der Waals surface area (Å²) in [5.41, 5.74) is 1.42. The molecule has 1 aliphatic rings. The summed E-state index contributed by atoms with van der Waals surface area (Å²) in [6.07, 6.45) is 4.44. The van der Waals surface area contributed by atoms with Gasteiger partial charge in [0.25, 0.3) is 0 Å². The van der Waals surface area contributed by atoms with Crippen LogP contribution in [0, 0.1) is 5.92 Å². The molecule has 1 amide bonds. The van der Waals surface area contributed by atoms with E-state index in [1.165, 1.54) is 5.56 Å². The number of aliphatic hydroxyl groups excluding tert-OH is 1. The average molecular weight is 331 g/mol. The molecule has 4 heteroatoms. The third-order valence-corrected chi connectivity index (χ3v) is 4.87. The Morgan fingerprint density at radius 1 is 1.38 bits per heavy atom. The first-order valence-corrected chi connectivity index (χ1v) is 8.66. The predicted molar refractivity (Wildman–Crippen MR) is 95.7 cm³/mol. The highest BCUT2D eigenvalue weighted by atomic mass is 16.5. The maximum Gasteiger partial charge on any atom is 0.240 e. The van der Waals surface area contributed by atoms with E-state index in [9.17, 15) is 9.90 Å². The van der Waals surface area contributed by atoms with Crippen molar-refractivity contribution in [2.24, 2.45) is 5.92 Å². The fourth-order valence-corrected chi connectivity index (χ4v) is 3.55. The molecule has 132 valence electrons. The van der Waals surface area contributed by atoms with E-state index in [1.54, 1.807) is 19.1 Å². The molecule has 0 heterocycles. The van der Waals surface area contributed by atoms with Crippen molar-refractivity contribution in [1.29, 1.82) is 0 Å². The van der Waals surface area contributed by atoms with Crippen LogP contribution in [0.25, 0.3) is 0 Å². The Morgan fingerprint density at radius 2 is 2.08 bits per heavy atom. The van der Waals surface area contributed by atoms with Gasteiger partial charge in [-0.15, -0.1) is 0 Å². The van der Waals surface area contributed by atoms with Crippen LogP contribution < -0.4 is 0 Å². The van der Waals surface area contributed by atoms with E-state index < -0.39 is 5.41 Å². The van der Waals surface area contributed by atoms with E-state index in [4.69, 9.17) is 4.74 Å². The molecule has 0 saturated carbocycles. The highest BCUT2D eigenvalue weighted by Gasteiger charge is 2.48. The Morgan fingerprint density at radius 3 is 2.71 bits per heavy atom. The molecule has 0 radical (unpaired) electrons. The van der Waals surface area contributed by atoms with Crippen molar-refractivity contribution in [2.45, 2.75) is 38.5 Å². The Labute approximate surface area is 145 Å². The molecule has 1 aliphatic carbocycles. The lowest BCUT2D eigenvalue weighted by Crippen LogP contribution is -2.49. The van der Waals surface area contributed by atoms with Gasteiger partial charge in [-0.1, -0.05) is 38.1 Å². The lowest BCUT2D eigenvalue weighted by atomic mass is 9.68. The first-order valence-electron chi connectivity index (χ1n) is 8.66. The van der Waals surface area contributed by atoms with Crippen LogP contribution in [0.5, 0.6) is 0 Å². The Bertz CT molecular complexity index is 609. The first-order chi connectivity index (χ1) is 11.5. The van der Waals surface area contributed by atoms with Crippen molar-refractivity contribution in [3.63, 3.8) is 0 Å². The Kier molecular flexibility index (Phi) is 6.05. The smallest absolute Gasteiger partial charge is 0.240 e. The third kappa shape index (κ3) is 3.34. The molecule has 4 nitrogen and oxygen atoms in total. The predicted octanol–water partition coefficient (Wildman–Crippen LogP) is 2.90. The van der Waals surface area contributed by atoms with Crippen LogP contribution in [-0.2, 0) is 21.4 Å². The second-order valence-electron chi connectivity index (χ2n) is 6.92. The summed E-state index contributed by atoms with van der Waals surface area (Å²) in [5.74, 6) is 1.22. The zero-order valence-corrected chi connectivity index (χ0v) is 15.2. The number of aliphatic hydroxyl groups is 1. The number of allylic oxidation sites excluding steroid dienone is 1. The Hall–Kier alpha value is -1.81. The van der Waals surface area contributed by atoms with Crippen LogP contribution in [0.2, 0.25) is 0 Å². The van der Waals surface area contributed by atoms with Gasteiger partial charge in [-0.25, -0.2) is 0 Å². The van der Waals surface area contributed by atoms with Gasteiger partial charge in [0.1, 0.15) is 11.2 Å². The second-order valence-corrected chi connectivity index (χ2v) is 6.92. The molecule has 0 fully saturated rings. The van der Waals surface area contributed by atoms with Gasteiger partial charge in [0.05, 0.1) is 13.7 Å². The molecule has 0 bridgehead atoms. The lowest BCUT2D eigenvalue weighted by molar-refractivity contribution is -0.137. The molecule has 1 N–H and O–H groups in total. The maximum atomic E-state index is 13.4. The summed E-state index contributed by atoms with van der Waals surface area (Å²) < 4.78 is 5.70. The van der Waals surface area contributed by atoms with Gasteiger partial charge in [0.2, 0.25) is 5.91 Å². The van der Waals surface area contributed by atoms with Crippen LogP contribution in [0.1, 0.15) is 37.8 Å². The second kappa shape index (κ2) is 7.84. The standard InChI is InChI=1S/C20H29NO3/c1-15(2)11-12-20(19(23)21(3)13-14-22)17-8-6-5-7-16(17)9-10-18(20)24-4/h5-8,10,15,22H,9,11-14H2,1-4H3. The topological polar surface area (TPSA) is 49.8 Å². The molecular weight excluding hydrogens is 302 g/mol. The highest BCUT2D eigenvalue weighted by molar-refractivity contribution is 5.92. The monoisotopic (exact) mass is 331 g/mol. The minimum Gasteiger partial charge on any atom is -0.500 e. The number of ether oxygens (including phenoxy) is 1. The molecule has 1 atom stereocenters. The van der Waals surface area contributed by atoms with Gasteiger partial charge in [-0.2, -0.15) is 0 Å². The van der Waals surface area contributed by atoms with Crippen molar-refractivity contribution in [3.8, 4) is 0 Å². The van der Waals surface area contributed by atoms with Crippen LogP contribution in [0.15, 0.2) is 36.1 Å². The fraction of sp³-hybridized carbons (Fsp3) is 0.550. The van der Waals surface area contributed by atoms with E-state index in [2.05, 4.69) is 19.9 Å². The molecule has 0 aromatic heterocycles. The summed E-state index contributed by atoms with van der Waals surface area (Å²) in [6, 6.07) is 8.13. The number of methoxy groups -OCH3 is 1. The average Bonchev–Trinajstić information content (AvgIpc) is 2.58.